The van der Waals surface area contributed by atoms with Crippen LogP contribution in [0.4, 0.5) is 5.82 Å². The van der Waals surface area contributed by atoms with Crippen molar-refractivity contribution in [3.8, 4) is 0 Å². The summed E-state index contributed by atoms with van der Waals surface area (Å²) in [6.07, 6.45) is 0. The van der Waals surface area contributed by atoms with Crippen molar-refractivity contribution in [2.75, 3.05) is 11.9 Å². The standard InChI is InChI=1S/C10H15N3S/c1-7(2)6-12-9-5-3-4-8(13-9)10(11)14/h3-5,7H,6H2,1-2H3,(H2,11,14)(H,12,13). The van der Waals surface area contributed by atoms with Crippen LogP contribution in [-0.2, 0) is 0 Å². The van der Waals surface area contributed by atoms with Crippen molar-refractivity contribution >= 4 is 23.0 Å². The van der Waals surface area contributed by atoms with E-state index in [0.29, 0.717) is 16.6 Å². The quantitative estimate of drug-likeness (QED) is 0.742. The molecule has 0 fully saturated rings. The minimum atomic E-state index is 0.332. The normalized spacial score (nSPS) is 10.2. The molecule has 1 rings (SSSR count). The van der Waals surface area contributed by atoms with E-state index in [1.165, 1.54) is 0 Å². The zero-order valence-corrected chi connectivity index (χ0v) is 9.27. The zero-order valence-electron chi connectivity index (χ0n) is 8.45. The van der Waals surface area contributed by atoms with Gasteiger partial charge in [-0.15, -0.1) is 0 Å². The summed E-state index contributed by atoms with van der Waals surface area (Å²) >= 11 is 4.84. The molecule has 0 saturated heterocycles. The number of hydrogen-bond donors (Lipinski definition) is 2. The molecule has 0 bridgehead atoms. The molecule has 0 atom stereocenters. The van der Waals surface area contributed by atoms with Gasteiger partial charge in [0.25, 0.3) is 0 Å². The van der Waals surface area contributed by atoms with Crippen LogP contribution < -0.4 is 11.1 Å². The van der Waals surface area contributed by atoms with E-state index < -0.39 is 0 Å². The molecule has 3 N–H and O–H groups in total. The molecule has 0 spiro atoms. The van der Waals surface area contributed by atoms with Gasteiger partial charge >= 0.3 is 0 Å². The lowest BCUT2D eigenvalue weighted by Crippen LogP contribution is -2.14. The molecule has 1 aromatic heterocycles. The Morgan fingerprint density at radius 3 is 2.86 bits per heavy atom. The highest BCUT2D eigenvalue weighted by Gasteiger charge is 2.00. The molecule has 14 heavy (non-hydrogen) atoms. The molecule has 76 valence electrons. The highest BCUT2D eigenvalue weighted by molar-refractivity contribution is 7.80. The predicted molar refractivity (Wildman–Crippen MR) is 63.5 cm³/mol. The molecule has 1 heterocycles. The lowest BCUT2D eigenvalue weighted by molar-refractivity contribution is 0.687. The van der Waals surface area contributed by atoms with Crippen LogP contribution in [0.15, 0.2) is 18.2 Å². The second-order valence-electron chi connectivity index (χ2n) is 3.55. The first kappa shape index (κ1) is 10.9. The first-order valence-electron chi connectivity index (χ1n) is 4.60. The van der Waals surface area contributed by atoms with E-state index in [4.69, 9.17) is 18.0 Å². The van der Waals surface area contributed by atoms with Gasteiger partial charge in [0.05, 0.1) is 5.69 Å². The molecule has 4 heteroatoms. The van der Waals surface area contributed by atoms with E-state index in [-0.39, 0.29) is 0 Å². The Hall–Kier alpha value is -1.16. The molecule has 0 aromatic carbocycles. The fourth-order valence-electron chi connectivity index (χ4n) is 0.979. The van der Waals surface area contributed by atoms with Crippen LogP contribution in [0.5, 0.6) is 0 Å². The van der Waals surface area contributed by atoms with Crippen LogP contribution in [-0.4, -0.2) is 16.5 Å². The fraction of sp³-hybridized carbons (Fsp3) is 0.400. The SMILES string of the molecule is CC(C)CNc1cccc(C(N)=S)n1. The average Bonchev–Trinajstić information content (AvgIpc) is 2.15. The molecular formula is C10H15N3S. The highest BCUT2D eigenvalue weighted by atomic mass is 32.1. The smallest absolute Gasteiger partial charge is 0.126 e. The summed E-state index contributed by atoms with van der Waals surface area (Å²) in [4.78, 5) is 4.60. The van der Waals surface area contributed by atoms with Gasteiger partial charge < -0.3 is 11.1 Å². The number of anilines is 1. The Morgan fingerprint density at radius 1 is 1.57 bits per heavy atom. The van der Waals surface area contributed by atoms with E-state index in [0.717, 1.165) is 12.4 Å². The Kier molecular flexibility index (Phi) is 3.83. The molecule has 0 radical (unpaired) electrons. The highest BCUT2D eigenvalue weighted by Crippen LogP contribution is 2.05. The third-order valence-corrected chi connectivity index (χ3v) is 1.90. The Bertz CT molecular complexity index is 323. The fourth-order valence-corrected chi connectivity index (χ4v) is 1.09. The number of pyridine rings is 1. The van der Waals surface area contributed by atoms with E-state index in [9.17, 15) is 0 Å². The number of hydrogen-bond acceptors (Lipinski definition) is 3. The molecule has 0 amide bonds. The largest absolute Gasteiger partial charge is 0.388 e. The summed E-state index contributed by atoms with van der Waals surface area (Å²) < 4.78 is 0. The van der Waals surface area contributed by atoms with Crippen molar-refractivity contribution in [3.63, 3.8) is 0 Å². The van der Waals surface area contributed by atoms with Gasteiger partial charge in [-0.1, -0.05) is 32.1 Å². The molecule has 3 nitrogen and oxygen atoms in total. The molecule has 0 aliphatic carbocycles. The maximum atomic E-state index is 5.48. The van der Waals surface area contributed by atoms with Crippen LogP contribution in [0.2, 0.25) is 0 Å². The lowest BCUT2D eigenvalue weighted by Gasteiger charge is -2.08. The van der Waals surface area contributed by atoms with Crippen LogP contribution in [0, 0.1) is 5.92 Å². The van der Waals surface area contributed by atoms with Crippen LogP contribution >= 0.6 is 12.2 Å². The van der Waals surface area contributed by atoms with Crippen LogP contribution in [0.25, 0.3) is 0 Å². The molecular weight excluding hydrogens is 194 g/mol. The molecule has 1 aromatic rings. The number of aromatic nitrogens is 1. The van der Waals surface area contributed by atoms with Crippen molar-refractivity contribution in [1.82, 2.24) is 4.98 Å². The maximum Gasteiger partial charge on any atom is 0.126 e. The Morgan fingerprint density at radius 2 is 2.29 bits per heavy atom. The second-order valence-corrected chi connectivity index (χ2v) is 3.99. The van der Waals surface area contributed by atoms with Gasteiger partial charge in [0.15, 0.2) is 0 Å². The zero-order chi connectivity index (χ0) is 10.6. The van der Waals surface area contributed by atoms with Crippen molar-refractivity contribution < 1.29 is 0 Å². The van der Waals surface area contributed by atoms with Crippen LogP contribution in [0.3, 0.4) is 0 Å². The van der Waals surface area contributed by atoms with Gasteiger partial charge in [-0.25, -0.2) is 4.98 Å². The van der Waals surface area contributed by atoms with Gasteiger partial charge in [-0.3, -0.25) is 0 Å². The van der Waals surface area contributed by atoms with Gasteiger partial charge in [0.2, 0.25) is 0 Å². The van der Waals surface area contributed by atoms with E-state index in [1.807, 2.05) is 18.2 Å². The predicted octanol–water partition coefficient (Wildman–Crippen LogP) is 1.78. The molecule has 0 aliphatic heterocycles. The van der Waals surface area contributed by atoms with Gasteiger partial charge in [0.1, 0.15) is 10.8 Å². The summed E-state index contributed by atoms with van der Waals surface area (Å²) in [5.74, 6) is 1.41. The number of nitrogens with one attached hydrogen (secondary N) is 1. The molecule has 0 saturated carbocycles. The summed E-state index contributed by atoms with van der Waals surface area (Å²) in [6.45, 7) is 5.18. The van der Waals surface area contributed by atoms with E-state index >= 15 is 0 Å². The maximum absolute atomic E-state index is 5.48. The summed E-state index contributed by atoms with van der Waals surface area (Å²) in [5, 5.41) is 3.21. The number of nitrogens with zero attached hydrogens (tertiary/aromatic N) is 1. The first-order valence-corrected chi connectivity index (χ1v) is 5.01. The molecule has 0 aliphatic rings. The minimum Gasteiger partial charge on any atom is -0.388 e. The van der Waals surface area contributed by atoms with E-state index in [1.54, 1.807) is 0 Å². The first-order chi connectivity index (χ1) is 6.59. The minimum absolute atomic E-state index is 0.332. The summed E-state index contributed by atoms with van der Waals surface area (Å²) in [6, 6.07) is 5.61. The number of nitrogens with two attached hydrogens (primary N) is 1. The number of rotatable bonds is 4. The lowest BCUT2D eigenvalue weighted by atomic mass is 10.2. The molecule has 0 unspecified atom stereocenters. The topological polar surface area (TPSA) is 50.9 Å². The third-order valence-electron chi connectivity index (χ3n) is 1.69. The van der Waals surface area contributed by atoms with Gasteiger partial charge in [0, 0.05) is 6.54 Å². The van der Waals surface area contributed by atoms with Gasteiger partial charge in [-0.2, -0.15) is 0 Å². The van der Waals surface area contributed by atoms with Crippen LogP contribution in [0.1, 0.15) is 19.5 Å². The van der Waals surface area contributed by atoms with E-state index in [2.05, 4.69) is 24.1 Å². The van der Waals surface area contributed by atoms with Crippen molar-refractivity contribution in [2.45, 2.75) is 13.8 Å². The van der Waals surface area contributed by atoms with Crippen molar-refractivity contribution in [2.24, 2.45) is 11.7 Å². The monoisotopic (exact) mass is 209 g/mol. The Balaban J connectivity index is 2.69. The second kappa shape index (κ2) is 4.91. The summed E-state index contributed by atoms with van der Waals surface area (Å²) in [7, 11) is 0. The summed E-state index contributed by atoms with van der Waals surface area (Å²) in [5.41, 5.74) is 6.14. The van der Waals surface area contributed by atoms with Gasteiger partial charge in [-0.05, 0) is 18.1 Å². The van der Waals surface area contributed by atoms with Crippen molar-refractivity contribution in [1.29, 1.82) is 0 Å². The average molecular weight is 209 g/mol. The Labute approximate surface area is 89.7 Å². The number of thiocarbonyl (C=S) groups is 1. The third kappa shape index (κ3) is 3.30. The van der Waals surface area contributed by atoms with Crippen molar-refractivity contribution in [3.05, 3.63) is 23.9 Å².